The molecule has 4 heteroatoms. The minimum atomic E-state index is 1.07. The van der Waals surface area contributed by atoms with Gasteiger partial charge in [0.25, 0.3) is 0 Å². The van der Waals surface area contributed by atoms with Crippen molar-refractivity contribution < 1.29 is 0 Å². The van der Waals surface area contributed by atoms with Gasteiger partial charge in [-0.05, 0) is 46.4 Å². The monoisotopic (exact) mass is 380 g/mol. The van der Waals surface area contributed by atoms with Gasteiger partial charge in [-0.15, -0.1) is 0 Å². The quantitative estimate of drug-likeness (QED) is 0.793. The van der Waals surface area contributed by atoms with Crippen molar-refractivity contribution in [3.63, 3.8) is 0 Å². The van der Waals surface area contributed by atoms with E-state index in [-0.39, 0.29) is 0 Å². The Morgan fingerprint density at radius 3 is 2.80 bits per heavy atom. The summed E-state index contributed by atoms with van der Waals surface area (Å²) in [5, 5.41) is 3.37. The van der Waals surface area contributed by atoms with Gasteiger partial charge in [0.15, 0.2) is 0 Å². The molecule has 1 heterocycles. The summed E-state index contributed by atoms with van der Waals surface area (Å²) in [7, 11) is 0. The van der Waals surface area contributed by atoms with Gasteiger partial charge in [-0.2, -0.15) is 0 Å². The number of hydrogen-bond acceptors (Lipinski definition) is 2. The lowest BCUT2D eigenvalue weighted by Gasteiger charge is -2.27. The van der Waals surface area contributed by atoms with Crippen LogP contribution in [0.4, 0.5) is 0 Å². The summed E-state index contributed by atoms with van der Waals surface area (Å²) in [6, 6.07) is 6.50. The fraction of sp³-hybridized carbons (Fsp3) is 0.455. The van der Waals surface area contributed by atoms with Crippen molar-refractivity contribution in [2.24, 2.45) is 0 Å². The van der Waals surface area contributed by atoms with Crippen LogP contribution in [0.1, 0.15) is 5.56 Å². The Bertz CT molecular complexity index is 337. The van der Waals surface area contributed by atoms with Crippen molar-refractivity contribution in [1.29, 1.82) is 0 Å². The third-order valence-corrected chi connectivity index (χ3v) is 4.16. The molecule has 0 saturated carbocycles. The van der Waals surface area contributed by atoms with Crippen LogP contribution in [-0.4, -0.2) is 31.1 Å². The first-order valence-corrected chi connectivity index (χ1v) is 7.00. The second-order valence-electron chi connectivity index (χ2n) is 3.76. The molecule has 1 aromatic carbocycles. The van der Waals surface area contributed by atoms with Crippen LogP contribution in [0, 0.1) is 3.57 Å². The molecular formula is C11H14BrIN2. The van der Waals surface area contributed by atoms with Gasteiger partial charge in [-0.1, -0.05) is 15.9 Å². The van der Waals surface area contributed by atoms with Crippen molar-refractivity contribution in [1.82, 2.24) is 10.2 Å². The number of piperazine rings is 1. The Morgan fingerprint density at radius 2 is 2.07 bits per heavy atom. The molecule has 1 aromatic rings. The zero-order chi connectivity index (χ0) is 10.7. The van der Waals surface area contributed by atoms with E-state index in [2.05, 4.69) is 66.9 Å². The highest BCUT2D eigenvalue weighted by Crippen LogP contribution is 2.20. The molecular weight excluding hydrogens is 367 g/mol. The van der Waals surface area contributed by atoms with E-state index in [4.69, 9.17) is 0 Å². The second-order valence-corrected chi connectivity index (χ2v) is 5.84. The maximum atomic E-state index is 3.53. The average molecular weight is 381 g/mol. The lowest BCUT2D eigenvalue weighted by Crippen LogP contribution is -2.43. The first-order valence-electron chi connectivity index (χ1n) is 5.13. The minimum Gasteiger partial charge on any atom is -0.314 e. The molecule has 0 aromatic heterocycles. The van der Waals surface area contributed by atoms with Gasteiger partial charge in [0, 0.05) is 40.8 Å². The Morgan fingerprint density at radius 1 is 1.33 bits per heavy atom. The van der Waals surface area contributed by atoms with E-state index in [9.17, 15) is 0 Å². The molecule has 2 nitrogen and oxygen atoms in total. The number of rotatable bonds is 2. The molecule has 1 fully saturated rings. The number of nitrogens with zero attached hydrogens (tertiary/aromatic N) is 1. The molecule has 1 aliphatic heterocycles. The summed E-state index contributed by atoms with van der Waals surface area (Å²) in [6.07, 6.45) is 0. The highest BCUT2D eigenvalue weighted by Gasteiger charge is 2.11. The van der Waals surface area contributed by atoms with Crippen LogP contribution in [0.5, 0.6) is 0 Å². The average Bonchev–Trinajstić information content (AvgIpc) is 2.25. The molecule has 0 unspecified atom stereocenters. The van der Waals surface area contributed by atoms with Crippen LogP contribution >= 0.6 is 38.5 Å². The second kappa shape index (κ2) is 5.61. The number of nitrogens with one attached hydrogen (secondary N) is 1. The lowest BCUT2D eigenvalue weighted by atomic mass is 10.2. The fourth-order valence-corrected chi connectivity index (χ4v) is 2.69. The normalized spacial score (nSPS) is 18.0. The predicted molar refractivity (Wildman–Crippen MR) is 75.0 cm³/mol. The van der Waals surface area contributed by atoms with Crippen LogP contribution in [0.2, 0.25) is 0 Å². The summed E-state index contributed by atoms with van der Waals surface area (Å²) >= 11 is 5.94. The van der Waals surface area contributed by atoms with Gasteiger partial charge < -0.3 is 5.32 Å². The summed E-state index contributed by atoms with van der Waals surface area (Å²) < 4.78 is 2.53. The molecule has 1 saturated heterocycles. The van der Waals surface area contributed by atoms with Crippen LogP contribution in [0.25, 0.3) is 0 Å². The Hall–Kier alpha value is 0.350. The van der Waals surface area contributed by atoms with Crippen molar-refractivity contribution >= 4 is 38.5 Å². The van der Waals surface area contributed by atoms with Crippen LogP contribution in [-0.2, 0) is 6.54 Å². The van der Waals surface area contributed by atoms with Crippen molar-refractivity contribution in [2.45, 2.75) is 6.54 Å². The predicted octanol–water partition coefficient (Wildman–Crippen LogP) is 2.46. The van der Waals surface area contributed by atoms with E-state index in [1.165, 1.54) is 13.6 Å². The molecule has 1 aliphatic rings. The number of halogens is 2. The Labute approximate surface area is 113 Å². The number of benzene rings is 1. The fourth-order valence-electron chi connectivity index (χ4n) is 1.77. The minimum absolute atomic E-state index is 1.07. The molecule has 0 atom stereocenters. The largest absolute Gasteiger partial charge is 0.314 e. The number of hydrogen-bond donors (Lipinski definition) is 1. The molecule has 0 bridgehead atoms. The molecule has 15 heavy (non-hydrogen) atoms. The van der Waals surface area contributed by atoms with E-state index < -0.39 is 0 Å². The molecule has 2 rings (SSSR count). The SMILES string of the molecule is Brc1ccc(I)c(CN2CCNCC2)c1. The van der Waals surface area contributed by atoms with E-state index >= 15 is 0 Å². The zero-order valence-corrected chi connectivity index (χ0v) is 12.2. The highest BCUT2D eigenvalue weighted by atomic mass is 127. The maximum absolute atomic E-state index is 3.53. The molecule has 1 N–H and O–H groups in total. The van der Waals surface area contributed by atoms with Gasteiger partial charge >= 0.3 is 0 Å². The van der Waals surface area contributed by atoms with Crippen molar-refractivity contribution in [3.8, 4) is 0 Å². The molecule has 0 amide bonds. The van der Waals surface area contributed by atoms with E-state index in [1.807, 2.05) is 0 Å². The van der Waals surface area contributed by atoms with Crippen LogP contribution in [0.15, 0.2) is 22.7 Å². The summed E-state index contributed by atoms with van der Waals surface area (Å²) in [5.74, 6) is 0. The standard InChI is InChI=1S/C11H14BrIN2/c12-10-1-2-11(13)9(7-10)8-15-5-3-14-4-6-15/h1-2,7,14H,3-6,8H2. The van der Waals surface area contributed by atoms with Crippen molar-refractivity contribution in [3.05, 3.63) is 31.8 Å². The highest BCUT2D eigenvalue weighted by molar-refractivity contribution is 14.1. The van der Waals surface area contributed by atoms with Gasteiger partial charge in [0.1, 0.15) is 0 Å². The molecule has 82 valence electrons. The van der Waals surface area contributed by atoms with Crippen LogP contribution in [0.3, 0.4) is 0 Å². The van der Waals surface area contributed by atoms with Gasteiger partial charge in [0.2, 0.25) is 0 Å². The first kappa shape index (κ1) is 11.8. The molecule has 0 radical (unpaired) electrons. The van der Waals surface area contributed by atoms with Gasteiger partial charge in [-0.25, -0.2) is 0 Å². The van der Waals surface area contributed by atoms with Crippen molar-refractivity contribution in [2.75, 3.05) is 26.2 Å². The Kier molecular flexibility index (Phi) is 4.42. The smallest absolute Gasteiger partial charge is 0.0245 e. The van der Waals surface area contributed by atoms with Gasteiger partial charge in [0.05, 0.1) is 0 Å². The third kappa shape index (κ3) is 3.41. The zero-order valence-electron chi connectivity index (χ0n) is 8.47. The van der Waals surface area contributed by atoms with Gasteiger partial charge in [-0.3, -0.25) is 4.90 Å². The van der Waals surface area contributed by atoms with E-state index in [0.717, 1.165) is 32.7 Å². The first-order chi connectivity index (χ1) is 7.25. The lowest BCUT2D eigenvalue weighted by molar-refractivity contribution is 0.233. The topological polar surface area (TPSA) is 15.3 Å². The summed E-state index contributed by atoms with van der Waals surface area (Å²) in [6.45, 7) is 5.61. The van der Waals surface area contributed by atoms with Crippen LogP contribution < -0.4 is 5.32 Å². The summed E-state index contributed by atoms with van der Waals surface area (Å²) in [5.41, 5.74) is 1.42. The summed E-state index contributed by atoms with van der Waals surface area (Å²) in [4.78, 5) is 2.50. The molecule has 0 aliphatic carbocycles. The maximum Gasteiger partial charge on any atom is 0.0245 e. The van der Waals surface area contributed by atoms with E-state index in [0.29, 0.717) is 0 Å². The molecule has 0 spiro atoms. The Balaban J connectivity index is 2.05. The van der Waals surface area contributed by atoms with E-state index in [1.54, 1.807) is 0 Å². The third-order valence-electron chi connectivity index (χ3n) is 2.61.